The summed E-state index contributed by atoms with van der Waals surface area (Å²) < 4.78 is 0. The highest BCUT2D eigenvalue weighted by atomic mass is 32.1. The number of carbonyl (C=O) groups excluding carboxylic acids is 1. The Morgan fingerprint density at radius 1 is 1.43 bits per heavy atom. The number of benzene rings is 1. The van der Waals surface area contributed by atoms with Crippen molar-refractivity contribution >= 4 is 28.2 Å². The largest absolute Gasteiger partial charge is 0.325 e. The van der Waals surface area contributed by atoms with Crippen LogP contribution in [-0.2, 0) is 0 Å². The van der Waals surface area contributed by atoms with Crippen LogP contribution in [-0.4, -0.2) is 11.0 Å². The lowest BCUT2D eigenvalue weighted by Crippen LogP contribution is -2.19. The molecule has 2 aromatic rings. The maximum atomic E-state index is 12.0. The Kier molecular flexibility index (Phi) is 3.90. The summed E-state index contributed by atoms with van der Waals surface area (Å²) >= 11 is 1.46. The molecule has 1 aromatic carbocycles. The zero-order valence-corrected chi connectivity index (χ0v) is 12.6. The van der Waals surface area contributed by atoms with Crippen molar-refractivity contribution in [2.24, 2.45) is 5.73 Å². The molecule has 0 saturated heterocycles. The van der Waals surface area contributed by atoms with Gasteiger partial charge in [-0.15, -0.1) is 11.3 Å². The zero-order chi connectivity index (χ0) is 14.8. The van der Waals surface area contributed by atoms with Gasteiger partial charge in [-0.25, -0.2) is 9.78 Å². The number of nitrogens with zero attached hydrogens (tertiary/aromatic N) is 1. The number of carbonyl (C=O) groups is 1. The predicted molar refractivity (Wildman–Crippen MR) is 85.8 cm³/mol. The van der Waals surface area contributed by atoms with Gasteiger partial charge in [0.2, 0.25) is 0 Å². The van der Waals surface area contributed by atoms with Crippen LogP contribution < -0.4 is 16.4 Å². The first-order chi connectivity index (χ1) is 10.1. The summed E-state index contributed by atoms with van der Waals surface area (Å²) in [6.07, 6.45) is 2.42. The number of rotatable bonds is 4. The lowest BCUT2D eigenvalue weighted by atomic mass is 10.1. The lowest BCUT2D eigenvalue weighted by Gasteiger charge is -2.09. The first kappa shape index (κ1) is 14.0. The number of hydrogen-bond acceptors (Lipinski definition) is 4. The summed E-state index contributed by atoms with van der Waals surface area (Å²) in [5, 5.41) is 8.22. The van der Waals surface area contributed by atoms with Gasteiger partial charge in [0, 0.05) is 23.0 Å². The fraction of sp³-hybridized carbons (Fsp3) is 0.333. The van der Waals surface area contributed by atoms with E-state index in [0.29, 0.717) is 11.0 Å². The average Bonchev–Trinajstić information content (AvgIpc) is 3.20. The molecule has 1 fully saturated rings. The molecule has 0 spiro atoms. The van der Waals surface area contributed by atoms with Crippen molar-refractivity contribution in [2.75, 3.05) is 10.6 Å². The van der Waals surface area contributed by atoms with Crippen molar-refractivity contribution in [3.05, 3.63) is 40.9 Å². The molecule has 5 nitrogen and oxygen atoms in total. The van der Waals surface area contributed by atoms with Gasteiger partial charge in [0.15, 0.2) is 5.13 Å². The Morgan fingerprint density at radius 2 is 2.24 bits per heavy atom. The summed E-state index contributed by atoms with van der Waals surface area (Å²) in [6, 6.07) is 7.19. The summed E-state index contributed by atoms with van der Waals surface area (Å²) in [6.45, 7) is 1.91. The highest BCUT2D eigenvalue weighted by Crippen LogP contribution is 2.40. The third-order valence-electron chi connectivity index (χ3n) is 3.41. The molecule has 1 atom stereocenters. The molecule has 0 bridgehead atoms. The van der Waals surface area contributed by atoms with Crippen molar-refractivity contribution in [2.45, 2.75) is 31.7 Å². The highest BCUT2D eigenvalue weighted by molar-refractivity contribution is 7.14. The number of aromatic nitrogens is 1. The van der Waals surface area contributed by atoms with Gasteiger partial charge in [0.1, 0.15) is 0 Å². The molecule has 1 aliphatic carbocycles. The van der Waals surface area contributed by atoms with Gasteiger partial charge < -0.3 is 11.1 Å². The molecule has 6 heteroatoms. The van der Waals surface area contributed by atoms with Crippen molar-refractivity contribution in [1.29, 1.82) is 0 Å². The molecule has 0 radical (unpaired) electrons. The molecule has 3 rings (SSSR count). The van der Waals surface area contributed by atoms with E-state index < -0.39 is 0 Å². The highest BCUT2D eigenvalue weighted by Gasteiger charge is 2.26. The molecule has 1 saturated carbocycles. The van der Waals surface area contributed by atoms with E-state index in [1.165, 1.54) is 24.2 Å². The monoisotopic (exact) mass is 302 g/mol. The van der Waals surface area contributed by atoms with Crippen LogP contribution in [0.1, 0.15) is 43.0 Å². The van der Waals surface area contributed by atoms with E-state index >= 15 is 0 Å². The molecule has 2 amide bonds. The van der Waals surface area contributed by atoms with Gasteiger partial charge in [-0.2, -0.15) is 0 Å². The average molecular weight is 302 g/mol. The first-order valence-electron chi connectivity index (χ1n) is 7.01. The van der Waals surface area contributed by atoms with E-state index in [2.05, 4.69) is 15.6 Å². The van der Waals surface area contributed by atoms with E-state index in [9.17, 15) is 4.79 Å². The molecule has 1 heterocycles. The molecule has 1 unspecified atom stereocenters. The third-order valence-corrected chi connectivity index (χ3v) is 4.18. The van der Waals surface area contributed by atoms with Crippen LogP contribution in [0.4, 0.5) is 15.6 Å². The maximum absolute atomic E-state index is 12.0. The summed E-state index contributed by atoms with van der Waals surface area (Å²) in [5.41, 5.74) is 8.64. The standard InChI is InChI=1S/C15H18N4OS/c1-9(16)11-3-2-4-12(7-11)17-14(20)19-15-18-13(8-21-15)10-5-6-10/h2-4,7-10H,5-6,16H2,1H3,(H2,17,18,19,20). The number of amides is 2. The molecule has 1 aromatic heterocycles. The SMILES string of the molecule is CC(N)c1cccc(NC(=O)Nc2nc(C3CC3)cs2)c1. The van der Waals surface area contributed by atoms with Crippen molar-refractivity contribution in [3.63, 3.8) is 0 Å². The summed E-state index contributed by atoms with van der Waals surface area (Å²) in [5.74, 6) is 0.600. The Balaban J connectivity index is 1.61. The van der Waals surface area contributed by atoms with E-state index in [1.54, 1.807) is 0 Å². The van der Waals surface area contributed by atoms with E-state index in [-0.39, 0.29) is 12.1 Å². The second kappa shape index (κ2) is 5.83. The second-order valence-corrected chi connectivity index (χ2v) is 6.20. The Hall–Kier alpha value is -1.92. The quantitative estimate of drug-likeness (QED) is 0.806. The van der Waals surface area contributed by atoms with Gasteiger partial charge in [0.05, 0.1) is 5.69 Å². The molecule has 0 aliphatic heterocycles. The Bertz CT molecular complexity index is 649. The molecule has 4 N–H and O–H groups in total. The number of urea groups is 1. The molecule has 110 valence electrons. The second-order valence-electron chi connectivity index (χ2n) is 5.35. The maximum Gasteiger partial charge on any atom is 0.325 e. The normalized spacial score (nSPS) is 15.5. The van der Waals surface area contributed by atoms with Crippen LogP contribution in [0, 0.1) is 0 Å². The summed E-state index contributed by atoms with van der Waals surface area (Å²) in [4.78, 5) is 16.4. The van der Waals surface area contributed by atoms with Gasteiger partial charge in [-0.05, 0) is 37.5 Å². The number of hydrogen-bond donors (Lipinski definition) is 3. The number of thiazole rings is 1. The van der Waals surface area contributed by atoms with Gasteiger partial charge >= 0.3 is 6.03 Å². The molecular weight excluding hydrogens is 284 g/mol. The van der Waals surface area contributed by atoms with Crippen LogP contribution in [0.3, 0.4) is 0 Å². The smallest absolute Gasteiger partial charge is 0.324 e. The molecular formula is C15H18N4OS. The fourth-order valence-electron chi connectivity index (χ4n) is 2.07. The molecule has 21 heavy (non-hydrogen) atoms. The first-order valence-corrected chi connectivity index (χ1v) is 7.89. The van der Waals surface area contributed by atoms with Crippen LogP contribution in [0.15, 0.2) is 29.6 Å². The topological polar surface area (TPSA) is 80.0 Å². The van der Waals surface area contributed by atoms with E-state index in [1.807, 2.05) is 36.6 Å². The van der Waals surface area contributed by atoms with Gasteiger partial charge in [-0.1, -0.05) is 12.1 Å². The van der Waals surface area contributed by atoms with Crippen LogP contribution >= 0.6 is 11.3 Å². The number of anilines is 2. The van der Waals surface area contributed by atoms with Crippen molar-refractivity contribution < 1.29 is 4.79 Å². The minimum absolute atomic E-state index is 0.0603. The van der Waals surface area contributed by atoms with Crippen LogP contribution in [0.25, 0.3) is 0 Å². The number of nitrogens with one attached hydrogen (secondary N) is 2. The minimum atomic E-state index is -0.284. The Labute approximate surface area is 127 Å². The van der Waals surface area contributed by atoms with Gasteiger partial charge in [0.25, 0.3) is 0 Å². The van der Waals surface area contributed by atoms with Gasteiger partial charge in [-0.3, -0.25) is 5.32 Å². The van der Waals surface area contributed by atoms with Crippen molar-refractivity contribution in [3.8, 4) is 0 Å². The van der Waals surface area contributed by atoms with E-state index in [4.69, 9.17) is 5.73 Å². The zero-order valence-electron chi connectivity index (χ0n) is 11.8. The predicted octanol–water partition coefficient (Wildman–Crippen LogP) is 3.68. The van der Waals surface area contributed by atoms with Crippen LogP contribution in [0.5, 0.6) is 0 Å². The molecule has 1 aliphatic rings. The third kappa shape index (κ3) is 3.59. The lowest BCUT2D eigenvalue weighted by molar-refractivity contribution is 0.262. The summed E-state index contributed by atoms with van der Waals surface area (Å²) in [7, 11) is 0. The van der Waals surface area contributed by atoms with Crippen molar-refractivity contribution in [1.82, 2.24) is 4.98 Å². The minimum Gasteiger partial charge on any atom is -0.324 e. The fourth-order valence-corrected chi connectivity index (χ4v) is 2.86. The number of nitrogens with two attached hydrogens (primary N) is 1. The Morgan fingerprint density at radius 3 is 2.95 bits per heavy atom. The van der Waals surface area contributed by atoms with E-state index in [0.717, 1.165) is 16.9 Å². The van der Waals surface area contributed by atoms with Crippen LogP contribution in [0.2, 0.25) is 0 Å².